The summed E-state index contributed by atoms with van der Waals surface area (Å²) in [5.74, 6) is 0.843. The van der Waals surface area contributed by atoms with Gasteiger partial charge in [-0.3, -0.25) is 4.79 Å². The fraction of sp³-hybridized carbons (Fsp3) is 0.333. The summed E-state index contributed by atoms with van der Waals surface area (Å²) in [6.45, 7) is 3.12. The van der Waals surface area contributed by atoms with E-state index in [2.05, 4.69) is 4.98 Å². The molecule has 3 rings (SSSR count). The van der Waals surface area contributed by atoms with Crippen LogP contribution in [0, 0.1) is 6.92 Å². The number of nitrogen functional groups attached to an aromatic ring is 1. The van der Waals surface area contributed by atoms with E-state index in [9.17, 15) is 4.79 Å². The first-order chi connectivity index (χ1) is 10.1. The SMILES string of the molecule is Cc1nc(N)sc1C(=O)N1CCC(Oc2ccccc2)C1. The Morgan fingerprint density at radius 3 is 2.86 bits per heavy atom. The highest BCUT2D eigenvalue weighted by Gasteiger charge is 2.30. The van der Waals surface area contributed by atoms with Gasteiger partial charge in [0, 0.05) is 13.0 Å². The Balaban J connectivity index is 1.64. The lowest BCUT2D eigenvalue weighted by molar-refractivity contribution is 0.0776. The maximum absolute atomic E-state index is 12.5. The monoisotopic (exact) mass is 303 g/mol. The molecule has 1 atom stereocenters. The fourth-order valence-corrected chi connectivity index (χ4v) is 3.26. The van der Waals surface area contributed by atoms with E-state index < -0.39 is 0 Å². The van der Waals surface area contributed by atoms with Gasteiger partial charge in [-0.25, -0.2) is 4.98 Å². The maximum atomic E-state index is 12.5. The van der Waals surface area contributed by atoms with Crippen molar-refractivity contribution >= 4 is 22.4 Å². The molecule has 2 N–H and O–H groups in total. The van der Waals surface area contributed by atoms with Crippen LogP contribution in [0.5, 0.6) is 5.75 Å². The molecular formula is C15H17N3O2S. The number of rotatable bonds is 3. The van der Waals surface area contributed by atoms with Crippen LogP contribution < -0.4 is 10.5 Å². The van der Waals surface area contributed by atoms with E-state index in [1.807, 2.05) is 42.2 Å². The largest absolute Gasteiger partial charge is 0.489 e. The number of nitrogens with two attached hydrogens (primary N) is 1. The van der Waals surface area contributed by atoms with Crippen LogP contribution in [0.1, 0.15) is 21.8 Å². The number of thiazole rings is 1. The fourth-order valence-electron chi connectivity index (χ4n) is 2.46. The molecule has 1 aliphatic heterocycles. The third-order valence-corrected chi connectivity index (χ3v) is 4.46. The summed E-state index contributed by atoms with van der Waals surface area (Å²) in [7, 11) is 0. The molecule has 110 valence electrons. The molecule has 0 bridgehead atoms. The zero-order valence-electron chi connectivity index (χ0n) is 11.8. The number of ether oxygens (including phenoxy) is 1. The van der Waals surface area contributed by atoms with Gasteiger partial charge in [0.1, 0.15) is 16.7 Å². The second-order valence-corrected chi connectivity index (χ2v) is 6.09. The molecule has 2 heterocycles. The molecule has 2 aromatic rings. The first-order valence-electron chi connectivity index (χ1n) is 6.87. The minimum Gasteiger partial charge on any atom is -0.489 e. The molecule has 0 saturated carbocycles. The van der Waals surface area contributed by atoms with Gasteiger partial charge in [-0.15, -0.1) is 0 Å². The predicted octanol–water partition coefficient (Wildman–Crippen LogP) is 2.33. The molecule has 1 aromatic carbocycles. The molecule has 1 amide bonds. The molecule has 6 heteroatoms. The van der Waals surface area contributed by atoms with Crippen LogP contribution in [-0.4, -0.2) is 35.0 Å². The standard InChI is InChI=1S/C15H17N3O2S/c1-10-13(21-15(16)17-10)14(19)18-8-7-12(9-18)20-11-5-3-2-4-6-11/h2-6,12H,7-9H2,1H3,(H2,16,17). The second kappa shape index (κ2) is 5.73. The number of anilines is 1. The average molecular weight is 303 g/mol. The van der Waals surface area contributed by atoms with Crippen molar-refractivity contribution in [1.82, 2.24) is 9.88 Å². The molecule has 0 aliphatic carbocycles. The van der Waals surface area contributed by atoms with E-state index in [1.54, 1.807) is 0 Å². The minimum absolute atomic E-state index is 0.000798. The summed E-state index contributed by atoms with van der Waals surface area (Å²) in [6, 6.07) is 9.69. The molecular weight excluding hydrogens is 286 g/mol. The predicted molar refractivity (Wildman–Crippen MR) is 82.6 cm³/mol. The molecule has 1 unspecified atom stereocenters. The number of hydrogen-bond donors (Lipinski definition) is 1. The number of nitrogens with zero attached hydrogens (tertiary/aromatic N) is 2. The van der Waals surface area contributed by atoms with E-state index in [-0.39, 0.29) is 12.0 Å². The minimum atomic E-state index is 0.000798. The molecule has 1 aromatic heterocycles. The lowest BCUT2D eigenvalue weighted by Gasteiger charge is -2.16. The smallest absolute Gasteiger partial charge is 0.266 e. The molecule has 0 radical (unpaired) electrons. The van der Waals surface area contributed by atoms with Crippen molar-refractivity contribution in [2.75, 3.05) is 18.8 Å². The second-order valence-electron chi connectivity index (χ2n) is 5.06. The van der Waals surface area contributed by atoms with E-state index in [1.165, 1.54) is 11.3 Å². The van der Waals surface area contributed by atoms with Gasteiger partial charge < -0.3 is 15.4 Å². The van der Waals surface area contributed by atoms with Crippen molar-refractivity contribution in [1.29, 1.82) is 0 Å². The van der Waals surface area contributed by atoms with Crippen molar-refractivity contribution in [2.24, 2.45) is 0 Å². The van der Waals surface area contributed by atoms with Gasteiger partial charge in [0.2, 0.25) is 0 Å². The van der Waals surface area contributed by atoms with Crippen molar-refractivity contribution in [3.8, 4) is 5.75 Å². The zero-order chi connectivity index (χ0) is 14.8. The Morgan fingerprint density at radius 1 is 1.43 bits per heavy atom. The van der Waals surface area contributed by atoms with Crippen LogP contribution in [0.15, 0.2) is 30.3 Å². The molecule has 0 spiro atoms. The van der Waals surface area contributed by atoms with E-state index >= 15 is 0 Å². The summed E-state index contributed by atoms with van der Waals surface area (Å²) < 4.78 is 5.90. The molecule has 5 nitrogen and oxygen atoms in total. The third kappa shape index (κ3) is 3.00. The average Bonchev–Trinajstić information content (AvgIpc) is 3.06. The Kier molecular flexibility index (Phi) is 3.79. The summed E-state index contributed by atoms with van der Waals surface area (Å²) in [5, 5.41) is 0.437. The lowest BCUT2D eigenvalue weighted by atomic mass is 10.3. The Labute approximate surface area is 127 Å². The zero-order valence-corrected chi connectivity index (χ0v) is 12.6. The Morgan fingerprint density at radius 2 is 2.19 bits per heavy atom. The van der Waals surface area contributed by atoms with Gasteiger partial charge in [-0.2, -0.15) is 0 Å². The van der Waals surface area contributed by atoms with E-state index in [4.69, 9.17) is 10.5 Å². The number of amides is 1. The topological polar surface area (TPSA) is 68.5 Å². The molecule has 1 aliphatic rings. The van der Waals surface area contributed by atoms with Crippen LogP contribution in [0.3, 0.4) is 0 Å². The maximum Gasteiger partial charge on any atom is 0.266 e. The Hall–Kier alpha value is -2.08. The van der Waals surface area contributed by atoms with Crippen molar-refractivity contribution in [3.05, 3.63) is 40.9 Å². The lowest BCUT2D eigenvalue weighted by Crippen LogP contribution is -2.30. The van der Waals surface area contributed by atoms with Gasteiger partial charge in [-0.05, 0) is 19.1 Å². The summed E-state index contributed by atoms with van der Waals surface area (Å²) in [6.07, 6.45) is 0.885. The number of para-hydroxylation sites is 1. The summed E-state index contributed by atoms with van der Waals surface area (Å²) in [4.78, 5) is 19.0. The number of aromatic nitrogens is 1. The highest BCUT2D eigenvalue weighted by Crippen LogP contribution is 2.24. The van der Waals surface area contributed by atoms with Gasteiger partial charge >= 0.3 is 0 Å². The van der Waals surface area contributed by atoms with E-state index in [0.717, 1.165) is 12.2 Å². The number of likely N-dealkylation sites (tertiary alicyclic amines) is 1. The normalized spacial score (nSPS) is 18.0. The van der Waals surface area contributed by atoms with E-state index in [0.29, 0.717) is 28.8 Å². The van der Waals surface area contributed by atoms with Crippen LogP contribution in [0.4, 0.5) is 5.13 Å². The van der Waals surface area contributed by atoms with Crippen molar-refractivity contribution in [2.45, 2.75) is 19.4 Å². The molecule has 1 saturated heterocycles. The van der Waals surface area contributed by atoms with Gasteiger partial charge in [-0.1, -0.05) is 29.5 Å². The number of benzene rings is 1. The van der Waals surface area contributed by atoms with Crippen LogP contribution >= 0.6 is 11.3 Å². The van der Waals surface area contributed by atoms with Gasteiger partial charge in [0.05, 0.1) is 12.2 Å². The van der Waals surface area contributed by atoms with Crippen LogP contribution in [-0.2, 0) is 0 Å². The first kappa shape index (κ1) is 13.9. The third-order valence-electron chi connectivity index (χ3n) is 3.49. The van der Waals surface area contributed by atoms with Crippen LogP contribution in [0.2, 0.25) is 0 Å². The van der Waals surface area contributed by atoms with Crippen molar-refractivity contribution in [3.63, 3.8) is 0 Å². The molecule has 21 heavy (non-hydrogen) atoms. The van der Waals surface area contributed by atoms with Gasteiger partial charge in [0.15, 0.2) is 5.13 Å². The summed E-state index contributed by atoms with van der Waals surface area (Å²) >= 11 is 1.25. The molecule has 1 fully saturated rings. The highest BCUT2D eigenvalue weighted by molar-refractivity contribution is 7.17. The van der Waals surface area contributed by atoms with Crippen molar-refractivity contribution < 1.29 is 9.53 Å². The number of carbonyl (C=O) groups is 1. The summed E-state index contributed by atoms with van der Waals surface area (Å²) in [5.41, 5.74) is 6.36. The Bertz CT molecular complexity index is 642. The highest BCUT2D eigenvalue weighted by atomic mass is 32.1. The number of aryl methyl sites for hydroxylation is 1. The number of hydrogen-bond acceptors (Lipinski definition) is 5. The quantitative estimate of drug-likeness (QED) is 0.945. The number of carbonyl (C=O) groups excluding carboxylic acids is 1. The van der Waals surface area contributed by atoms with Crippen LogP contribution in [0.25, 0.3) is 0 Å². The first-order valence-corrected chi connectivity index (χ1v) is 7.69. The van der Waals surface area contributed by atoms with Gasteiger partial charge in [0.25, 0.3) is 5.91 Å².